The van der Waals surface area contributed by atoms with Gasteiger partial charge < -0.3 is 5.11 Å². The zero-order valence-electron chi connectivity index (χ0n) is 12.6. The molecule has 0 aliphatic heterocycles. The molecule has 0 radical (unpaired) electrons. The molecule has 0 aliphatic carbocycles. The first-order valence-electron chi connectivity index (χ1n) is 6.80. The van der Waals surface area contributed by atoms with Gasteiger partial charge in [-0.15, -0.1) is 11.3 Å². The number of aromatic carboxylic acids is 1. The van der Waals surface area contributed by atoms with Crippen molar-refractivity contribution in [2.45, 2.75) is 11.8 Å². The van der Waals surface area contributed by atoms with Crippen LogP contribution in [0.5, 0.6) is 0 Å². The van der Waals surface area contributed by atoms with Crippen molar-refractivity contribution >= 4 is 66.4 Å². The number of nitrogens with zero attached hydrogens (tertiary/aromatic N) is 1. The lowest BCUT2D eigenvalue weighted by Gasteiger charge is -2.11. The number of nitrogens with one attached hydrogen (secondary N) is 1. The highest BCUT2D eigenvalue weighted by atomic mass is 35.5. The molecule has 3 rings (SSSR count). The number of sulfonamides is 1. The summed E-state index contributed by atoms with van der Waals surface area (Å²) in [5.74, 6) is -1.35. The molecule has 0 aliphatic rings. The number of hydrogen-bond donors (Lipinski definition) is 2. The van der Waals surface area contributed by atoms with Crippen molar-refractivity contribution in [1.82, 2.24) is 4.98 Å². The fourth-order valence-corrected chi connectivity index (χ4v) is 4.93. The quantitative estimate of drug-likeness (QED) is 0.656. The van der Waals surface area contributed by atoms with Crippen molar-refractivity contribution in [3.8, 4) is 0 Å². The summed E-state index contributed by atoms with van der Waals surface area (Å²) in [5.41, 5.74) is 0.605. The van der Waals surface area contributed by atoms with Crippen LogP contribution in [0.15, 0.2) is 35.2 Å². The predicted molar refractivity (Wildman–Crippen MR) is 98.6 cm³/mol. The molecule has 0 saturated heterocycles. The molecule has 25 heavy (non-hydrogen) atoms. The van der Waals surface area contributed by atoms with Crippen LogP contribution in [0.4, 0.5) is 5.69 Å². The third-order valence-electron chi connectivity index (χ3n) is 3.29. The summed E-state index contributed by atoms with van der Waals surface area (Å²) in [6.07, 6.45) is 0. The van der Waals surface area contributed by atoms with Gasteiger partial charge in [-0.1, -0.05) is 23.2 Å². The van der Waals surface area contributed by atoms with Gasteiger partial charge in [0.15, 0.2) is 0 Å². The Morgan fingerprint density at radius 2 is 1.92 bits per heavy atom. The summed E-state index contributed by atoms with van der Waals surface area (Å²) in [7, 11) is -4.11. The molecule has 0 unspecified atom stereocenters. The molecule has 0 atom stereocenters. The SMILES string of the molecule is Cc1nc2cc(NS(=O)(=O)c3cc(C(=O)O)c(Cl)cc3Cl)ccc2s1. The van der Waals surface area contributed by atoms with E-state index in [1.54, 1.807) is 18.2 Å². The molecule has 10 heteroatoms. The number of anilines is 1. The fourth-order valence-electron chi connectivity index (χ4n) is 2.22. The molecular weight excluding hydrogens is 407 g/mol. The summed E-state index contributed by atoms with van der Waals surface area (Å²) in [5, 5.41) is 9.65. The summed E-state index contributed by atoms with van der Waals surface area (Å²) in [6, 6.07) is 6.97. The number of benzene rings is 2. The second kappa shape index (κ2) is 6.45. The highest BCUT2D eigenvalue weighted by Gasteiger charge is 2.23. The molecule has 3 aromatic rings. The third-order valence-corrected chi connectivity index (χ3v) is 6.40. The highest BCUT2D eigenvalue weighted by molar-refractivity contribution is 7.92. The van der Waals surface area contributed by atoms with Crippen LogP contribution in [0.1, 0.15) is 15.4 Å². The fraction of sp³-hybridized carbons (Fsp3) is 0.0667. The van der Waals surface area contributed by atoms with Crippen LogP contribution in [-0.2, 0) is 10.0 Å². The van der Waals surface area contributed by atoms with Crippen LogP contribution in [0, 0.1) is 6.92 Å². The Morgan fingerprint density at radius 3 is 2.60 bits per heavy atom. The van der Waals surface area contributed by atoms with E-state index in [1.165, 1.54) is 11.3 Å². The van der Waals surface area contributed by atoms with Crippen LogP contribution in [0.2, 0.25) is 10.0 Å². The van der Waals surface area contributed by atoms with Crippen molar-refractivity contribution in [1.29, 1.82) is 0 Å². The monoisotopic (exact) mass is 416 g/mol. The lowest BCUT2D eigenvalue weighted by molar-refractivity contribution is 0.0697. The van der Waals surface area contributed by atoms with E-state index < -0.39 is 16.0 Å². The van der Waals surface area contributed by atoms with Gasteiger partial charge in [-0.25, -0.2) is 18.2 Å². The molecule has 0 bridgehead atoms. The van der Waals surface area contributed by atoms with E-state index in [4.69, 9.17) is 28.3 Å². The van der Waals surface area contributed by atoms with E-state index in [9.17, 15) is 13.2 Å². The number of carboxylic acid groups (broad SMARTS) is 1. The topological polar surface area (TPSA) is 96.4 Å². The Labute approximate surface area is 157 Å². The third kappa shape index (κ3) is 3.57. The largest absolute Gasteiger partial charge is 0.478 e. The first-order chi connectivity index (χ1) is 11.7. The lowest BCUT2D eigenvalue weighted by Crippen LogP contribution is -2.14. The number of halogens is 2. The summed E-state index contributed by atoms with van der Waals surface area (Å²) >= 11 is 13.2. The summed E-state index contributed by atoms with van der Waals surface area (Å²) < 4.78 is 28.5. The van der Waals surface area contributed by atoms with E-state index in [0.29, 0.717) is 11.2 Å². The van der Waals surface area contributed by atoms with Gasteiger partial charge in [-0.3, -0.25) is 4.72 Å². The molecule has 1 heterocycles. The molecule has 2 N–H and O–H groups in total. The number of thiazole rings is 1. The number of carbonyl (C=O) groups is 1. The second-order valence-electron chi connectivity index (χ2n) is 5.09. The Morgan fingerprint density at radius 1 is 1.20 bits per heavy atom. The van der Waals surface area contributed by atoms with Crippen LogP contribution in [0.25, 0.3) is 10.2 Å². The van der Waals surface area contributed by atoms with Gasteiger partial charge in [0, 0.05) is 0 Å². The minimum atomic E-state index is -4.11. The van der Waals surface area contributed by atoms with Gasteiger partial charge in [0.2, 0.25) is 0 Å². The summed E-state index contributed by atoms with van der Waals surface area (Å²) in [6.45, 7) is 1.86. The Hall–Kier alpha value is -1.87. The minimum absolute atomic E-state index is 0.143. The van der Waals surface area contributed by atoms with Crippen LogP contribution < -0.4 is 4.72 Å². The highest BCUT2D eigenvalue weighted by Crippen LogP contribution is 2.31. The molecule has 6 nitrogen and oxygen atoms in total. The maximum atomic E-state index is 12.6. The Kier molecular flexibility index (Phi) is 4.63. The van der Waals surface area contributed by atoms with Gasteiger partial charge in [0.25, 0.3) is 10.0 Å². The molecule has 130 valence electrons. The van der Waals surface area contributed by atoms with E-state index in [1.807, 2.05) is 6.92 Å². The van der Waals surface area contributed by atoms with Crippen molar-refractivity contribution in [3.05, 3.63) is 50.9 Å². The van der Waals surface area contributed by atoms with Crippen LogP contribution in [0.3, 0.4) is 0 Å². The van der Waals surface area contributed by atoms with E-state index in [0.717, 1.165) is 21.8 Å². The van der Waals surface area contributed by atoms with E-state index in [2.05, 4.69) is 9.71 Å². The molecule has 2 aromatic carbocycles. The minimum Gasteiger partial charge on any atom is -0.478 e. The molecule has 0 spiro atoms. The normalized spacial score (nSPS) is 11.6. The number of aromatic nitrogens is 1. The number of hydrogen-bond acceptors (Lipinski definition) is 5. The number of fused-ring (bicyclic) bond motifs is 1. The number of rotatable bonds is 4. The molecule has 1 aromatic heterocycles. The first-order valence-corrected chi connectivity index (χ1v) is 9.85. The molecular formula is C15H10Cl2N2O4S2. The second-order valence-corrected chi connectivity index (χ2v) is 8.79. The van der Waals surface area contributed by atoms with Crippen molar-refractivity contribution in [2.75, 3.05) is 4.72 Å². The van der Waals surface area contributed by atoms with Gasteiger partial charge in [0.1, 0.15) is 4.90 Å². The van der Waals surface area contributed by atoms with Gasteiger partial charge in [-0.2, -0.15) is 0 Å². The van der Waals surface area contributed by atoms with E-state index in [-0.39, 0.29) is 20.5 Å². The van der Waals surface area contributed by atoms with Gasteiger partial charge in [0.05, 0.1) is 36.5 Å². The van der Waals surface area contributed by atoms with Crippen molar-refractivity contribution < 1.29 is 18.3 Å². The van der Waals surface area contributed by atoms with Crippen molar-refractivity contribution in [3.63, 3.8) is 0 Å². The molecule has 0 amide bonds. The van der Waals surface area contributed by atoms with Crippen molar-refractivity contribution in [2.24, 2.45) is 0 Å². The first kappa shape index (κ1) is 17.9. The molecule has 0 fully saturated rings. The lowest BCUT2D eigenvalue weighted by atomic mass is 10.2. The molecule has 0 saturated carbocycles. The van der Waals surface area contributed by atoms with E-state index >= 15 is 0 Å². The van der Waals surface area contributed by atoms with Crippen LogP contribution in [-0.4, -0.2) is 24.5 Å². The maximum Gasteiger partial charge on any atom is 0.337 e. The maximum absolute atomic E-state index is 12.6. The number of carboxylic acids is 1. The zero-order valence-corrected chi connectivity index (χ0v) is 15.7. The standard InChI is InChI=1S/C15H10Cl2N2O4S2/c1-7-18-12-4-8(2-3-13(12)24-7)19-25(22,23)14-5-9(15(20)21)10(16)6-11(14)17/h2-6,19H,1H3,(H,20,21). The number of aryl methyl sites for hydroxylation is 1. The van der Waals surface area contributed by atoms with Gasteiger partial charge >= 0.3 is 5.97 Å². The van der Waals surface area contributed by atoms with Gasteiger partial charge in [-0.05, 0) is 37.3 Å². The average Bonchev–Trinajstić information content (AvgIpc) is 2.85. The average molecular weight is 417 g/mol. The smallest absolute Gasteiger partial charge is 0.337 e. The zero-order chi connectivity index (χ0) is 18.4. The predicted octanol–water partition coefficient (Wildman–Crippen LogP) is 4.41. The Bertz CT molecular complexity index is 1110. The van der Waals surface area contributed by atoms with Crippen LogP contribution >= 0.6 is 34.5 Å². The Balaban J connectivity index is 2.03. The summed E-state index contributed by atoms with van der Waals surface area (Å²) in [4.78, 5) is 15.1.